The molecular formula is C16H25ClO6S. The van der Waals surface area contributed by atoms with Gasteiger partial charge in [-0.25, -0.2) is 4.79 Å². The minimum atomic E-state index is -3.99. The Morgan fingerprint density at radius 1 is 1.21 bits per heavy atom. The molecule has 0 aromatic heterocycles. The van der Waals surface area contributed by atoms with E-state index >= 15 is 0 Å². The third kappa shape index (κ3) is 6.67. The molecule has 0 heterocycles. The summed E-state index contributed by atoms with van der Waals surface area (Å²) in [7, 11) is -3.99. The Balaban J connectivity index is 0.00000163. The Labute approximate surface area is 149 Å². The summed E-state index contributed by atoms with van der Waals surface area (Å²) in [5.41, 5.74) is -0.674. The third-order valence-corrected chi connectivity index (χ3v) is 4.14. The van der Waals surface area contributed by atoms with Crippen molar-refractivity contribution in [1.82, 2.24) is 0 Å². The van der Waals surface area contributed by atoms with Gasteiger partial charge < -0.3 is 9.47 Å². The number of carbonyl (C=O) groups excluding carboxylic acids is 1. The predicted molar refractivity (Wildman–Crippen MR) is 92.6 cm³/mol. The van der Waals surface area contributed by atoms with Gasteiger partial charge >= 0.3 is 16.1 Å². The topological polar surface area (TPSA) is 78.9 Å². The van der Waals surface area contributed by atoms with Crippen molar-refractivity contribution in [1.29, 1.82) is 0 Å². The van der Waals surface area contributed by atoms with Crippen molar-refractivity contribution < 1.29 is 26.4 Å². The highest BCUT2D eigenvalue weighted by Gasteiger charge is 2.32. The zero-order valence-corrected chi connectivity index (χ0v) is 16.5. The molecule has 0 radical (unpaired) electrons. The lowest BCUT2D eigenvalue weighted by molar-refractivity contribution is -0.158. The lowest BCUT2D eigenvalue weighted by atomic mass is 10.1. The molecule has 0 aliphatic carbocycles. The largest absolute Gasteiger partial charge is 0.476 e. The van der Waals surface area contributed by atoms with Crippen LogP contribution in [0.2, 0.25) is 0 Å². The van der Waals surface area contributed by atoms with Crippen molar-refractivity contribution in [3.05, 3.63) is 23.8 Å². The summed E-state index contributed by atoms with van der Waals surface area (Å²) in [6.07, 6.45) is 1.25. The average Bonchev–Trinajstić information content (AvgIpc) is 2.50. The second-order valence-corrected chi connectivity index (χ2v) is 7.37. The van der Waals surface area contributed by atoms with Crippen LogP contribution < -0.4 is 4.74 Å². The van der Waals surface area contributed by atoms with Crippen molar-refractivity contribution in [2.75, 3.05) is 6.61 Å². The molecule has 0 bridgehead atoms. The number of ether oxygens (including phenoxy) is 2. The summed E-state index contributed by atoms with van der Waals surface area (Å²) in [5.74, 6) is -0.147. The van der Waals surface area contributed by atoms with Gasteiger partial charge in [-0.15, -0.1) is 0 Å². The standard InChI is InChI=1S/C13H17ClO6S.C3H8/c1-5-18-12(15)13(3,4)19-11-7-6-10(8-9(11)2)21(16,17)20-14;1-3-2/h6-8H,5H2,1-4H3;3H2,1-2H3. The van der Waals surface area contributed by atoms with Crippen LogP contribution in [0.25, 0.3) is 0 Å². The number of benzene rings is 1. The average molecular weight is 381 g/mol. The van der Waals surface area contributed by atoms with E-state index in [2.05, 4.69) is 17.6 Å². The summed E-state index contributed by atoms with van der Waals surface area (Å²) in [4.78, 5) is 11.7. The van der Waals surface area contributed by atoms with Crippen LogP contribution in [0.15, 0.2) is 23.1 Å². The molecule has 138 valence electrons. The van der Waals surface area contributed by atoms with Crippen LogP contribution >= 0.6 is 11.9 Å². The fourth-order valence-electron chi connectivity index (χ4n) is 1.55. The van der Waals surface area contributed by atoms with E-state index in [9.17, 15) is 13.2 Å². The fraction of sp³-hybridized carbons (Fsp3) is 0.562. The van der Waals surface area contributed by atoms with Crippen molar-refractivity contribution in [2.45, 2.75) is 58.5 Å². The Morgan fingerprint density at radius 3 is 2.17 bits per heavy atom. The van der Waals surface area contributed by atoms with E-state index in [0.29, 0.717) is 11.3 Å². The monoisotopic (exact) mass is 380 g/mol. The van der Waals surface area contributed by atoms with E-state index in [-0.39, 0.29) is 11.5 Å². The molecule has 24 heavy (non-hydrogen) atoms. The Morgan fingerprint density at radius 2 is 1.75 bits per heavy atom. The molecule has 0 saturated heterocycles. The predicted octanol–water partition coefficient (Wildman–Crippen LogP) is 3.99. The van der Waals surface area contributed by atoms with E-state index in [1.54, 1.807) is 27.7 Å². The van der Waals surface area contributed by atoms with Crippen LogP contribution in [0.5, 0.6) is 5.75 Å². The highest BCUT2D eigenvalue weighted by atomic mass is 35.5. The molecule has 6 nitrogen and oxygen atoms in total. The quantitative estimate of drug-likeness (QED) is 0.694. The summed E-state index contributed by atoms with van der Waals surface area (Å²) in [5, 5.41) is 0. The normalized spacial score (nSPS) is 11.3. The number of esters is 1. The second-order valence-electron chi connectivity index (χ2n) is 5.48. The van der Waals surface area contributed by atoms with Gasteiger partial charge in [0, 0.05) is 0 Å². The van der Waals surface area contributed by atoms with Gasteiger partial charge in [-0.1, -0.05) is 20.3 Å². The molecule has 0 N–H and O–H groups in total. The van der Waals surface area contributed by atoms with E-state index < -0.39 is 21.7 Å². The first-order valence-electron chi connectivity index (χ1n) is 7.57. The number of carbonyl (C=O) groups is 1. The first kappa shape index (κ1) is 22.7. The number of rotatable bonds is 6. The van der Waals surface area contributed by atoms with E-state index in [0.717, 1.165) is 0 Å². The zero-order chi connectivity index (χ0) is 19.0. The maximum Gasteiger partial charge on any atom is 0.349 e. The number of hydrogen-bond acceptors (Lipinski definition) is 6. The van der Waals surface area contributed by atoms with Gasteiger partial charge in [0.25, 0.3) is 0 Å². The Kier molecular flexibility index (Phi) is 9.32. The molecule has 0 aliphatic heterocycles. The molecular weight excluding hydrogens is 356 g/mol. The maximum absolute atomic E-state index is 11.8. The molecule has 0 aliphatic rings. The molecule has 0 atom stereocenters. The summed E-state index contributed by atoms with van der Waals surface area (Å²) in [6, 6.07) is 4.05. The van der Waals surface area contributed by atoms with Crippen molar-refractivity contribution in [2.24, 2.45) is 0 Å². The van der Waals surface area contributed by atoms with Crippen LogP contribution in [-0.4, -0.2) is 26.6 Å². The van der Waals surface area contributed by atoms with Crippen molar-refractivity contribution >= 4 is 28.0 Å². The number of halogens is 1. The second kappa shape index (κ2) is 9.86. The van der Waals surface area contributed by atoms with Gasteiger partial charge in [0.1, 0.15) is 5.75 Å². The molecule has 0 spiro atoms. The van der Waals surface area contributed by atoms with Crippen LogP contribution in [0.1, 0.15) is 46.6 Å². The van der Waals surface area contributed by atoms with Crippen LogP contribution in [0.4, 0.5) is 0 Å². The zero-order valence-electron chi connectivity index (χ0n) is 14.9. The first-order valence-corrected chi connectivity index (χ1v) is 9.29. The third-order valence-electron chi connectivity index (χ3n) is 2.65. The molecule has 0 amide bonds. The molecule has 0 fully saturated rings. The van der Waals surface area contributed by atoms with E-state index in [1.165, 1.54) is 24.6 Å². The van der Waals surface area contributed by atoms with Gasteiger partial charge in [0.2, 0.25) is 0 Å². The van der Waals surface area contributed by atoms with Gasteiger partial charge in [-0.05, 0) is 51.5 Å². The minimum Gasteiger partial charge on any atom is -0.476 e. The number of aryl methyl sites for hydroxylation is 1. The van der Waals surface area contributed by atoms with Crippen molar-refractivity contribution in [3.63, 3.8) is 0 Å². The molecule has 0 saturated carbocycles. The highest BCUT2D eigenvalue weighted by molar-refractivity contribution is 7.87. The van der Waals surface area contributed by atoms with E-state index in [1.807, 2.05) is 0 Å². The minimum absolute atomic E-state index is 0.101. The van der Waals surface area contributed by atoms with Gasteiger partial charge in [-0.2, -0.15) is 12.2 Å². The summed E-state index contributed by atoms with van der Waals surface area (Å²) < 4.78 is 37.4. The van der Waals surface area contributed by atoms with Crippen LogP contribution in [-0.2, 0) is 23.4 Å². The summed E-state index contributed by atoms with van der Waals surface area (Å²) in [6.45, 7) is 11.0. The van der Waals surface area contributed by atoms with Gasteiger partial charge in [0.05, 0.1) is 23.4 Å². The smallest absolute Gasteiger partial charge is 0.349 e. The molecule has 1 rings (SSSR count). The van der Waals surface area contributed by atoms with E-state index in [4.69, 9.17) is 21.3 Å². The van der Waals surface area contributed by atoms with Gasteiger partial charge in [0.15, 0.2) is 5.60 Å². The van der Waals surface area contributed by atoms with Gasteiger partial charge in [-0.3, -0.25) is 0 Å². The first-order chi connectivity index (χ1) is 11.1. The Hall–Kier alpha value is -1.31. The fourth-order valence-corrected chi connectivity index (χ4v) is 2.40. The SMILES string of the molecule is CCC.CCOC(=O)C(C)(C)Oc1ccc(S(=O)(=O)OCl)cc1C. The maximum atomic E-state index is 11.8. The molecule has 8 heteroatoms. The molecule has 1 aromatic rings. The number of hydrogen-bond donors (Lipinski definition) is 0. The van der Waals surface area contributed by atoms with Crippen LogP contribution in [0, 0.1) is 6.92 Å². The molecule has 0 unspecified atom stereocenters. The Bertz CT molecular complexity index is 640. The molecule has 1 aromatic carbocycles. The van der Waals surface area contributed by atoms with Crippen LogP contribution in [0.3, 0.4) is 0 Å². The highest BCUT2D eigenvalue weighted by Crippen LogP contribution is 2.27. The van der Waals surface area contributed by atoms with Crippen molar-refractivity contribution in [3.8, 4) is 5.75 Å². The lowest BCUT2D eigenvalue weighted by Gasteiger charge is -2.25. The summed E-state index contributed by atoms with van der Waals surface area (Å²) >= 11 is 4.92. The lowest BCUT2D eigenvalue weighted by Crippen LogP contribution is -2.39.